The van der Waals surface area contributed by atoms with Crippen molar-refractivity contribution < 1.29 is 22.4 Å². The predicted octanol–water partition coefficient (Wildman–Crippen LogP) is 5.44. The molecule has 4 aromatic rings. The molecule has 0 saturated carbocycles. The van der Waals surface area contributed by atoms with Gasteiger partial charge in [-0.05, 0) is 24.3 Å². The van der Waals surface area contributed by atoms with Crippen molar-refractivity contribution in [1.29, 1.82) is 0 Å². The molecule has 2 N–H and O–H groups in total. The molecule has 0 saturated heterocycles. The van der Waals surface area contributed by atoms with Crippen LogP contribution in [0.4, 0.5) is 23.2 Å². The number of aromatic nitrogens is 4. The molecule has 2 aromatic carbocycles. The number of halogens is 6. The normalized spacial score (nSPS) is 11.1. The second-order valence-electron chi connectivity index (χ2n) is 6.62. The molecule has 0 aliphatic rings. The number of hydrogen-bond donors (Lipinski definition) is 2. The molecule has 0 radical (unpaired) electrons. The van der Waals surface area contributed by atoms with E-state index in [9.17, 15) is 22.4 Å². The van der Waals surface area contributed by atoms with Crippen LogP contribution in [0.25, 0.3) is 11.3 Å². The summed E-state index contributed by atoms with van der Waals surface area (Å²) in [7, 11) is 0. The van der Waals surface area contributed by atoms with Crippen molar-refractivity contribution in [3.05, 3.63) is 87.3 Å². The predicted molar refractivity (Wildman–Crippen MR) is 110 cm³/mol. The van der Waals surface area contributed by atoms with Gasteiger partial charge in [-0.1, -0.05) is 23.2 Å². The lowest BCUT2D eigenvalue weighted by atomic mass is 10.1. The van der Waals surface area contributed by atoms with Gasteiger partial charge in [-0.2, -0.15) is 10.2 Å². The van der Waals surface area contributed by atoms with E-state index in [1.807, 2.05) is 0 Å². The first-order valence-corrected chi connectivity index (χ1v) is 9.65. The van der Waals surface area contributed by atoms with Gasteiger partial charge in [-0.15, -0.1) is 0 Å². The molecule has 0 spiro atoms. The molecular weight excluding hydrogens is 473 g/mol. The Morgan fingerprint density at radius 2 is 1.84 bits per heavy atom. The Morgan fingerprint density at radius 1 is 1.06 bits per heavy atom. The standard InChI is InChI=1S/C20H11Cl2F4N5O/c21-9-1-2-11(13(22)3-9)16-5-17(30-29-16)20(32)28-10-6-27-31(7-10)8-12-14(23)4-15(24)19(26)18(12)25/h1-7H,8H2,(H,28,32)(H,29,30). The van der Waals surface area contributed by atoms with E-state index in [2.05, 4.69) is 20.6 Å². The number of nitrogens with one attached hydrogen (secondary N) is 2. The number of hydrogen-bond acceptors (Lipinski definition) is 3. The fourth-order valence-electron chi connectivity index (χ4n) is 2.90. The molecule has 0 bridgehead atoms. The summed E-state index contributed by atoms with van der Waals surface area (Å²) in [6, 6.07) is 6.55. The smallest absolute Gasteiger partial charge is 0.273 e. The number of amides is 1. The first-order valence-electron chi connectivity index (χ1n) is 8.89. The van der Waals surface area contributed by atoms with Gasteiger partial charge < -0.3 is 5.32 Å². The number of benzene rings is 2. The third kappa shape index (κ3) is 4.32. The molecule has 2 aromatic heterocycles. The van der Waals surface area contributed by atoms with E-state index in [1.54, 1.807) is 18.2 Å². The molecular formula is C20H11Cl2F4N5O. The van der Waals surface area contributed by atoms with E-state index in [4.69, 9.17) is 23.2 Å². The summed E-state index contributed by atoms with van der Waals surface area (Å²) in [5.74, 6) is -6.88. The van der Waals surface area contributed by atoms with Crippen molar-refractivity contribution in [3.8, 4) is 11.3 Å². The van der Waals surface area contributed by atoms with Gasteiger partial charge in [0.2, 0.25) is 0 Å². The van der Waals surface area contributed by atoms with Crippen molar-refractivity contribution in [2.75, 3.05) is 5.32 Å². The number of H-pyrrole nitrogens is 1. The Kier molecular flexibility index (Phi) is 5.90. The van der Waals surface area contributed by atoms with Crippen LogP contribution in [0.15, 0.2) is 42.7 Å². The third-order valence-corrected chi connectivity index (χ3v) is 5.00. The molecule has 0 aliphatic heterocycles. The molecule has 0 atom stereocenters. The third-order valence-electron chi connectivity index (χ3n) is 4.45. The molecule has 4 rings (SSSR count). The highest BCUT2D eigenvalue weighted by atomic mass is 35.5. The summed E-state index contributed by atoms with van der Waals surface area (Å²) in [5, 5.41) is 13.8. The number of carbonyl (C=O) groups is 1. The Balaban J connectivity index is 1.48. The summed E-state index contributed by atoms with van der Waals surface area (Å²) in [4.78, 5) is 12.5. The second-order valence-corrected chi connectivity index (χ2v) is 7.46. The van der Waals surface area contributed by atoms with Crippen molar-refractivity contribution in [2.24, 2.45) is 0 Å². The maximum atomic E-state index is 13.8. The van der Waals surface area contributed by atoms with Gasteiger partial charge in [0.05, 0.1) is 29.1 Å². The van der Waals surface area contributed by atoms with E-state index in [-0.39, 0.29) is 17.4 Å². The monoisotopic (exact) mass is 483 g/mol. The highest BCUT2D eigenvalue weighted by Gasteiger charge is 2.20. The number of nitrogens with zero attached hydrogens (tertiary/aromatic N) is 3. The zero-order chi connectivity index (χ0) is 23.0. The van der Waals surface area contributed by atoms with Crippen LogP contribution in [-0.4, -0.2) is 25.9 Å². The molecule has 0 fully saturated rings. The van der Waals surface area contributed by atoms with Crippen LogP contribution in [-0.2, 0) is 6.54 Å². The van der Waals surface area contributed by atoms with E-state index < -0.39 is 41.3 Å². The summed E-state index contributed by atoms with van der Waals surface area (Å²) in [5.41, 5.74) is 0.574. The van der Waals surface area contributed by atoms with Crippen LogP contribution < -0.4 is 5.32 Å². The van der Waals surface area contributed by atoms with Crippen LogP contribution >= 0.6 is 23.2 Å². The Bertz CT molecular complexity index is 1340. The van der Waals surface area contributed by atoms with Gasteiger partial charge in [-0.25, -0.2) is 17.6 Å². The van der Waals surface area contributed by atoms with Crippen LogP contribution in [0.5, 0.6) is 0 Å². The fraction of sp³-hybridized carbons (Fsp3) is 0.0500. The minimum absolute atomic E-state index is 0.108. The Morgan fingerprint density at radius 3 is 2.59 bits per heavy atom. The summed E-state index contributed by atoms with van der Waals surface area (Å²) < 4.78 is 55.2. The summed E-state index contributed by atoms with van der Waals surface area (Å²) in [6.07, 6.45) is 2.49. The molecule has 0 aliphatic carbocycles. The largest absolute Gasteiger partial charge is 0.318 e. The first kappa shape index (κ1) is 21.8. The van der Waals surface area contributed by atoms with Crippen molar-refractivity contribution in [3.63, 3.8) is 0 Å². The van der Waals surface area contributed by atoms with E-state index >= 15 is 0 Å². The van der Waals surface area contributed by atoms with Gasteiger partial charge in [0.1, 0.15) is 11.5 Å². The van der Waals surface area contributed by atoms with Gasteiger partial charge in [0, 0.05) is 28.4 Å². The van der Waals surface area contributed by atoms with Gasteiger partial charge in [0.25, 0.3) is 5.91 Å². The van der Waals surface area contributed by atoms with Crippen LogP contribution in [0.3, 0.4) is 0 Å². The SMILES string of the molecule is O=C(Nc1cnn(Cc2c(F)cc(F)c(F)c2F)c1)c1cc(-c2ccc(Cl)cc2Cl)n[nH]1. The number of carbonyl (C=O) groups excluding carboxylic acids is 1. The van der Waals surface area contributed by atoms with Gasteiger partial charge in [-0.3, -0.25) is 14.6 Å². The minimum atomic E-state index is -1.78. The molecule has 6 nitrogen and oxygen atoms in total. The fourth-order valence-corrected chi connectivity index (χ4v) is 3.40. The maximum absolute atomic E-state index is 13.8. The molecule has 2 heterocycles. The highest BCUT2D eigenvalue weighted by molar-refractivity contribution is 6.36. The lowest BCUT2D eigenvalue weighted by Gasteiger charge is -2.06. The number of anilines is 1. The van der Waals surface area contributed by atoms with Crippen LogP contribution in [0, 0.1) is 23.3 Å². The lowest BCUT2D eigenvalue weighted by Crippen LogP contribution is -2.12. The molecule has 0 unspecified atom stereocenters. The molecule has 12 heteroatoms. The average Bonchev–Trinajstić information content (AvgIpc) is 3.39. The molecule has 164 valence electrons. The molecule has 32 heavy (non-hydrogen) atoms. The zero-order valence-electron chi connectivity index (χ0n) is 15.8. The second kappa shape index (κ2) is 8.64. The quantitative estimate of drug-likeness (QED) is 0.225. The van der Waals surface area contributed by atoms with Crippen molar-refractivity contribution >= 4 is 34.8 Å². The molecule has 1 amide bonds. The van der Waals surface area contributed by atoms with Gasteiger partial charge >= 0.3 is 0 Å². The summed E-state index contributed by atoms with van der Waals surface area (Å²) >= 11 is 12.0. The number of rotatable bonds is 5. The van der Waals surface area contributed by atoms with E-state index in [0.717, 1.165) is 4.68 Å². The summed E-state index contributed by atoms with van der Waals surface area (Å²) in [6.45, 7) is -0.520. The van der Waals surface area contributed by atoms with Crippen molar-refractivity contribution in [2.45, 2.75) is 6.54 Å². The first-order chi connectivity index (χ1) is 15.2. The number of aromatic amines is 1. The van der Waals surface area contributed by atoms with Crippen LogP contribution in [0.1, 0.15) is 16.1 Å². The van der Waals surface area contributed by atoms with Crippen LogP contribution in [0.2, 0.25) is 10.0 Å². The van der Waals surface area contributed by atoms with Gasteiger partial charge in [0.15, 0.2) is 17.5 Å². The topological polar surface area (TPSA) is 75.6 Å². The highest BCUT2D eigenvalue weighted by Crippen LogP contribution is 2.29. The zero-order valence-corrected chi connectivity index (χ0v) is 17.3. The van der Waals surface area contributed by atoms with E-state index in [1.165, 1.54) is 18.5 Å². The minimum Gasteiger partial charge on any atom is -0.318 e. The Hall–Kier alpha value is -3.37. The van der Waals surface area contributed by atoms with Crippen molar-refractivity contribution in [1.82, 2.24) is 20.0 Å². The lowest BCUT2D eigenvalue weighted by molar-refractivity contribution is 0.102. The van der Waals surface area contributed by atoms with E-state index in [0.29, 0.717) is 21.3 Å². The maximum Gasteiger partial charge on any atom is 0.273 e. The average molecular weight is 484 g/mol. The Labute approximate surface area is 187 Å².